The van der Waals surface area contributed by atoms with Gasteiger partial charge in [0.15, 0.2) is 5.82 Å². The van der Waals surface area contributed by atoms with E-state index in [9.17, 15) is 9.90 Å². The van der Waals surface area contributed by atoms with Gasteiger partial charge in [-0.3, -0.25) is 4.98 Å². The van der Waals surface area contributed by atoms with Crippen LogP contribution in [0.4, 0.5) is 5.82 Å². The molecule has 0 radical (unpaired) electrons. The van der Waals surface area contributed by atoms with Crippen molar-refractivity contribution < 1.29 is 15.0 Å². The van der Waals surface area contributed by atoms with Gasteiger partial charge in [-0.25, -0.2) is 14.8 Å². The lowest BCUT2D eigenvalue weighted by Crippen LogP contribution is -2.35. The third-order valence-corrected chi connectivity index (χ3v) is 5.26. The van der Waals surface area contributed by atoms with Gasteiger partial charge in [-0.1, -0.05) is 12.1 Å². The molecular formula is C22H22N4O3. The SMILES string of the molecule is O=C(O)c1ccc(-c2cc(N3CCC(CO)CC3)nc(-c3cccnc3)n2)cc1. The number of aromatic nitrogens is 3. The molecule has 1 aromatic carbocycles. The highest BCUT2D eigenvalue weighted by Crippen LogP contribution is 2.28. The number of aromatic carboxylic acids is 1. The first-order valence-corrected chi connectivity index (χ1v) is 9.63. The van der Waals surface area contributed by atoms with E-state index in [1.807, 2.05) is 18.2 Å². The second-order valence-electron chi connectivity index (χ2n) is 7.17. The Bertz CT molecular complexity index is 985. The van der Waals surface area contributed by atoms with Crippen molar-refractivity contribution >= 4 is 11.8 Å². The lowest BCUT2D eigenvalue weighted by Gasteiger charge is -2.32. The summed E-state index contributed by atoms with van der Waals surface area (Å²) >= 11 is 0. The van der Waals surface area contributed by atoms with Crippen molar-refractivity contribution in [1.29, 1.82) is 0 Å². The van der Waals surface area contributed by atoms with Crippen LogP contribution in [0.3, 0.4) is 0 Å². The van der Waals surface area contributed by atoms with E-state index in [1.54, 1.807) is 36.7 Å². The molecule has 1 saturated heterocycles. The molecule has 29 heavy (non-hydrogen) atoms. The average molecular weight is 390 g/mol. The topological polar surface area (TPSA) is 99.4 Å². The molecule has 4 rings (SSSR count). The Morgan fingerprint density at radius 2 is 1.83 bits per heavy atom. The fourth-order valence-corrected chi connectivity index (χ4v) is 3.50. The van der Waals surface area contributed by atoms with Gasteiger partial charge < -0.3 is 15.1 Å². The molecule has 0 spiro atoms. The molecule has 0 bridgehead atoms. The number of hydrogen-bond acceptors (Lipinski definition) is 6. The number of carboxylic acids is 1. The number of aliphatic hydroxyl groups is 1. The minimum Gasteiger partial charge on any atom is -0.478 e. The van der Waals surface area contributed by atoms with Crippen LogP contribution in [0, 0.1) is 5.92 Å². The number of piperidine rings is 1. The fraction of sp³-hybridized carbons (Fsp3) is 0.273. The molecule has 0 atom stereocenters. The van der Waals surface area contributed by atoms with E-state index in [0.717, 1.165) is 48.6 Å². The number of aliphatic hydroxyl groups excluding tert-OH is 1. The third-order valence-electron chi connectivity index (χ3n) is 5.26. The van der Waals surface area contributed by atoms with Crippen molar-refractivity contribution in [2.45, 2.75) is 12.8 Å². The van der Waals surface area contributed by atoms with Gasteiger partial charge in [0, 0.05) is 49.3 Å². The number of carboxylic acid groups (broad SMARTS) is 1. The molecule has 3 heterocycles. The van der Waals surface area contributed by atoms with Crippen molar-refractivity contribution in [2.75, 3.05) is 24.6 Å². The Morgan fingerprint density at radius 3 is 2.45 bits per heavy atom. The molecule has 2 N–H and O–H groups in total. The van der Waals surface area contributed by atoms with E-state index < -0.39 is 5.97 Å². The molecule has 1 aliphatic heterocycles. The van der Waals surface area contributed by atoms with Crippen LogP contribution < -0.4 is 4.90 Å². The zero-order valence-electron chi connectivity index (χ0n) is 15.9. The molecule has 7 nitrogen and oxygen atoms in total. The van der Waals surface area contributed by atoms with E-state index in [2.05, 4.69) is 9.88 Å². The summed E-state index contributed by atoms with van der Waals surface area (Å²) in [6.07, 6.45) is 5.28. The summed E-state index contributed by atoms with van der Waals surface area (Å²) in [7, 11) is 0. The Morgan fingerprint density at radius 1 is 1.07 bits per heavy atom. The number of hydrogen-bond donors (Lipinski definition) is 2. The maximum absolute atomic E-state index is 11.1. The van der Waals surface area contributed by atoms with Crippen molar-refractivity contribution in [3.8, 4) is 22.6 Å². The van der Waals surface area contributed by atoms with E-state index in [-0.39, 0.29) is 12.2 Å². The van der Waals surface area contributed by atoms with E-state index in [0.29, 0.717) is 11.7 Å². The first-order valence-electron chi connectivity index (χ1n) is 9.63. The number of pyridine rings is 1. The largest absolute Gasteiger partial charge is 0.478 e. The quantitative estimate of drug-likeness (QED) is 0.690. The van der Waals surface area contributed by atoms with Crippen LogP contribution in [0.5, 0.6) is 0 Å². The van der Waals surface area contributed by atoms with Crippen LogP contribution >= 0.6 is 0 Å². The number of nitrogens with zero attached hydrogens (tertiary/aromatic N) is 4. The van der Waals surface area contributed by atoms with Gasteiger partial charge in [0.25, 0.3) is 0 Å². The molecule has 148 valence electrons. The molecular weight excluding hydrogens is 368 g/mol. The molecule has 2 aromatic heterocycles. The predicted molar refractivity (Wildman–Crippen MR) is 110 cm³/mol. The monoisotopic (exact) mass is 390 g/mol. The zero-order valence-corrected chi connectivity index (χ0v) is 15.9. The minimum atomic E-state index is -0.956. The molecule has 3 aromatic rings. The molecule has 0 amide bonds. The minimum absolute atomic E-state index is 0.222. The predicted octanol–water partition coefficient (Wildman–Crippen LogP) is 3.11. The average Bonchev–Trinajstić information content (AvgIpc) is 2.79. The smallest absolute Gasteiger partial charge is 0.335 e. The van der Waals surface area contributed by atoms with Gasteiger partial charge in [-0.05, 0) is 43.0 Å². The van der Waals surface area contributed by atoms with Crippen LogP contribution in [-0.4, -0.2) is 50.8 Å². The summed E-state index contributed by atoms with van der Waals surface area (Å²) in [5.74, 6) is 0.793. The molecule has 7 heteroatoms. The van der Waals surface area contributed by atoms with Gasteiger partial charge >= 0.3 is 5.97 Å². The van der Waals surface area contributed by atoms with Crippen molar-refractivity contribution in [1.82, 2.24) is 15.0 Å². The first-order chi connectivity index (χ1) is 14.1. The van der Waals surface area contributed by atoms with Crippen LogP contribution in [0.1, 0.15) is 23.2 Å². The second kappa shape index (κ2) is 8.36. The van der Waals surface area contributed by atoms with Crippen molar-refractivity contribution in [3.05, 3.63) is 60.4 Å². The summed E-state index contributed by atoms with van der Waals surface area (Å²) in [4.78, 5) is 27.0. The second-order valence-corrected chi connectivity index (χ2v) is 7.17. The molecule has 1 fully saturated rings. The fourth-order valence-electron chi connectivity index (χ4n) is 3.50. The lowest BCUT2D eigenvalue weighted by atomic mass is 9.98. The summed E-state index contributed by atoms with van der Waals surface area (Å²) in [6.45, 7) is 1.87. The highest BCUT2D eigenvalue weighted by molar-refractivity contribution is 5.88. The summed E-state index contributed by atoms with van der Waals surface area (Å²) < 4.78 is 0. The molecule has 1 aliphatic rings. The van der Waals surface area contributed by atoms with Gasteiger partial charge in [-0.15, -0.1) is 0 Å². The van der Waals surface area contributed by atoms with Gasteiger partial charge in [0.1, 0.15) is 5.82 Å². The molecule has 0 aliphatic carbocycles. The summed E-state index contributed by atoms with van der Waals surface area (Å²) in [6, 6.07) is 12.4. The molecule has 0 saturated carbocycles. The highest BCUT2D eigenvalue weighted by atomic mass is 16.4. The van der Waals surface area contributed by atoms with Gasteiger partial charge in [-0.2, -0.15) is 0 Å². The summed E-state index contributed by atoms with van der Waals surface area (Å²) in [5.41, 5.74) is 2.62. The maximum atomic E-state index is 11.1. The Balaban J connectivity index is 1.73. The van der Waals surface area contributed by atoms with Crippen LogP contribution in [-0.2, 0) is 0 Å². The maximum Gasteiger partial charge on any atom is 0.335 e. The Kier molecular flexibility index (Phi) is 5.48. The van der Waals surface area contributed by atoms with E-state index in [4.69, 9.17) is 15.1 Å². The van der Waals surface area contributed by atoms with Crippen LogP contribution in [0.15, 0.2) is 54.9 Å². The third kappa shape index (κ3) is 4.25. The van der Waals surface area contributed by atoms with Crippen molar-refractivity contribution in [2.24, 2.45) is 5.92 Å². The lowest BCUT2D eigenvalue weighted by molar-refractivity contribution is 0.0697. The van der Waals surface area contributed by atoms with Gasteiger partial charge in [0.2, 0.25) is 0 Å². The van der Waals surface area contributed by atoms with Crippen molar-refractivity contribution in [3.63, 3.8) is 0 Å². The highest BCUT2D eigenvalue weighted by Gasteiger charge is 2.21. The zero-order chi connectivity index (χ0) is 20.2. The van der Waals surface area contributed by atoms with Crippen LogP contribution in [0.2, 0.25) is 0 Å². The number of anilines is 1. The normalized spacial score (nSPS) is 14.7. The first kappa shape index (κ1) is 19.0. The number of rotatable bonds is 5. The number of benzene rings is 1. The number of carbonyl (C=O) groups is 1. The van der Waals surface area contributed by atoms with E-state index in [1.165, 1.54) is 0 Å². The van der Waals surface area contributed by atoms with E-state index >= 15 is 0 Å². The standard InChI is InChI=1S/C22H22N4O3/c27-14-15-7-10-26(11-8-15)20-12-19(16-3-5-17(6-4-16)22(28)29)24-21(25-20)18-2-1-9-23-13-18/h1-6,9,12-13,15,27H,7-8,10-11,14H2,(H,28,29). The Labute approximate surface area is 168 Å². The van der Waals surface area contributed by atoms with Crippen LogP contribution in [0.25, 0.3) is 22.6 Å². The summed E-state index contributed by atoms with van der Waals surface area (Å²) in [5, 5.41) is 18.5. The Hall–Kier alpha value is -3.32. The van der Waals surface area contributed by atoms with Gasteiger partial charge in [0.05, 0.1) is 11.3 Å². The molecule has 0 unspecified atom stereocenters.